The van der Waals surface area contributed by atoms with Gasteiger partial charge in [-0.15, -0.1) is 0 Å². The van der Waals surface area contributed by atoms with Crippen LogP contribution in [0.5, 0.6) is 0 Å². The van der Waals surface area contributed by atoms with E-state index in [2.05, 4.69) is 64.0 Å². The molecule has 112 valence electrons. The first-order valence-corrected chi connectivity index (χ1v) is 7.78. The van der Waals surface area contributed by atoms with Crippen molar-refractivity contribution in [3.8, 4) is 0 Å². The summed E-state index contributed by atoms with van der Waals surface area (Å²) in [6, 6.07) is 4.40. The maximum atomic E-state index is 4.17. The summed E-state index contributed by atoms with van der Waals surface area (Å²) in [4.78, 5) is 4.17. The molecule has 1 N–H and O–H groups in total. The minimum atomic E-state index is 0.173. The van der Waals surface area contributed by atoms with Gasteiger partial charge in [0.2, 0.25) is 0 Å². The van der Waals surface area contributed by atoms with Crippen LogP contribution in [0.3, 0.4) is 0 Å². The zero-order chi connectivity index (χ0) is 15.0. The van der Waals surface area contributed by atoms with Crippen LogP contribution >= 0.6 is 0 Å². The van der Waals surface area contributed by atoms with Crippen molar-refractivity contribution in [1.29, 1.82) is 0 Å². The number of hydrogen-bond donors (Lipinski definition) is 1. The maximum Gasteiger partial charge on any atom is 0.0270 e. The van der Waals surface area contributed by atoms with Gasteiger partial charge in [0.25, 0.3) is 0 Å². The third kappa shape index (κ3) is 3.41. The van der Waals surface area contributed by atoms with Crippen LogP contribution in [0.25, 0.3) is 0 Å². The van der Waals surface area contributed by atoms with Crippen molar-refractivity contribution < 1.29 is 0 Å². The van der Waals surface area contributed by atoms with Gasteiger partial charge in [0.1, 0.15) is 0 Å². The SMILES string of the molecule is CC(C)(C)NCC1(c2ccncc2)CC(C(C)(C)C)C1. The van der Waals surface area contributed by atoms with E-state index >= 15 is 0 Å². The molecule has 0 amide bonds. The van der Waals surface area contributed by atoms with Crippen LogP contribution in [0.15, 0.2) is 24.5 Å². The molecule has 2 rings (SSSR count). The van der Waals surface area contributed by atoms with E-state index < -0.39 is 0 Å². The molecule has 1 aliphatic rings. The fourth-order valence-corrected chi connectivity index (χ4v) is 3.12. The Balaban J connectivity index is 2.15. The van der Waals surface area contributed by atoms with Gasteiger partial charge in [-0.1, -0.05) is 20.8 Å². The Morgan fingerprint density at radius 1 is 1.10 bits per heavy atom. The van der Waals surface area contributed by atoms with Crippen LogP contribution in [-0.2, 0) is 5.41 Å². The van der Waals surface area contributed by atoms with Gasteiger partial charge in [0.15, 0.2) is 0 Å². The minimum Gasteiger partial charge on any atom is -0.311 e. The Morgan fingerprint density at radius 3 is 2.10 bits per heavy atom. The molecule has 1 heterocycles. The molecule has 0 aromatic carbocycles. The van der Waals surface area contributed by atoms with Crippen molar-refractivity contribution in [3.63, 3.8) is 0 Å². The first-order chi connectivity index (χ1) is 9.12. The number of nitrogens with zero attached hydrogens (tertiary/aromatic N) is 1. The van der Waals surface area contributed by atoms with E-state index in [0.29, 0.717) is 10.8 Å². The lowest BCUT2D eigenvalue weighted by Gasteiger charge is -2.54. The molecule has 20 heavy (non-hydrogen) atoms. The molecule has 0 saturated heterocycles. The fraction of sp³-hybridized carbons (Fsp3) is 0.722. The van der Waals surface area contributed by atoms with E-state index in [-0.39, 0.29) is 5.54 Å². The van der Waals surface area contributed by atoms with Gasteiger partial charge in [-0.25, -0.2) is 0 Å². The molecule has 0 atom stereocenters. The molecule has 0 radical (unpaired) electrons. The van der Waals surface area contributed by atoms with Crippen LogP contribution in [0.4, 0.5) is 0 Å². The van der Waals surface area contributed by atoms with Crippen LogP contribution in [0.1, 0.15) is 59.9 Å². The molecule has 1 aromatic rings. The van der Waals surface area contributed by atoms with Gasteiger partial charge in [-0.3, -0.25) is 4.98 Å². The van der Waals surface area contributed by atoms with Gasteiger partial charge >= 0.3 is 0 Å². The number of nitrogens with one attached hydrogen (secondary N) is 1. The summed E-state index contributed by atoms with van der Waals surface area (Å²) in [5, 5.41) is 3.71. The fourth-order valence-electron chi connectivity index (χ4n) is 3.12. The molecular weight excluding hydrogens is 244 g/mol. The zero-order valence-electron chi connectivity index (χ0n) is 14.0. The van der Waals surface area contributed by atoms with E-state index in [4.69, 9.17) is 0 Å². The predicted molar refractivity (Wildman–Crippen MR) is 85.8 cm³/mol. The highest BCUT2D eigenvalue weighted by molar-refractivity contribution is 5.28. The van der Waals surface area contributed by atoms with Crippen molar-refractivity contribution >= 4 is 0 Å². The summed E-state index contributed by atoms with van der Waals surface area (Å²) in [5.74, 6) is 0.817. The Kier molecular flexibility index (Phi) is 3.98. The third-order valence-corrected chi connectivity index (χ3v) is 4.75. The number of aromatic nitrogens is 1. The predicted octanol–water partition coefficient (Wildman–Crippen LogP) is 4.16. The highest BCUT2D eigenvalue weighted by Crippen LogP contribution is 2.54. The van der Waals surface area contributed by atoms with Gasteiger partial charge < -0.3 is 5.32 Å². The third-order valence-electron chi connectivity index (χ3n) is 4.75. The largest absolute Gasteiger partial charge is 0.311 e. The highest BCUT2D eigenvalue weighted by Gasteiger charge is 2.49. The van der Waals surface area contributed by atoms with E-state index in [1.54, 1.807) is 0 Å². The Morgan fingerprint density at radius 2 is 1.65 bits per heavy atom. The Bertz CT molecular complexity index is 425. The van der Waals surface area contributed by atoms with Gasteiger partial charge in [-0.2, -0.15) is 0 Å². The molecular formula is C18H30N2. The average Bonchev–Trinajstić information content (AvgIpc) is 2.25. The summed E-state index contributed by atoms with van der Waals surface area (Å²) in [6.45, 7) is 14.9. The quantitative estimate of drug-likeness (QED) is 0.895. The molecule has 2 heteroatoms. The first-order valence-electron chi connectivity index (χ1n) is 7.78. The number of hydrogen-bond acceptors (Lipinski definition) is 2. The summed E-state index contributed by atoms with van der Waals surface area (Å²) in [5.41, 5.74) is 2.34. The Labute approximate surface area is 124 Å². The standard InChI is InChI=1S/C18H30N2/c1-16(2,3)15-11-18(12-15,13-20-17(4,5)6)14-7-9-19-10-8-14/h7-10,15,20H,11-13H2,1-6H3. The first kappa shape index (κ1) is 15.5. The summed E-state index contributed by atoms with van der Waals surface area (Å²) in [7, 11) is 0. The monoisotopic (exact) mass is 274 g/mol. The van der Waals surface area contributed by atoms with E-state index in [1.807, 2.05) is 12.4 Å². The van der Waals surface area contributed by atoms with E-state index in [1.165, 1.54) is 18.4 Å². The van der Waals surface area contributed by atoms with Gasteiger partial charge in [0.05, 0.1) is 0 Å². The highest BCUT2D eigenvalue weighted by atomic mass is 15.0. The molecule has 2 nitrogen and oxygen atoms in total. The lowest BCUT2D eigenvalue weighted by atomic mass is 9.52. The van der Waals surface area contributed by atoms with E-state index in [0.717, 1.165) is 12.5 Å². The molecule has 1 saturated carbocycles. The normalized spacial score (nSPS) is 27.2. The molecule has 1 aromatic heterocycles. The van der Waals surface area contributed by atoms with Crippen LogP contribution in [0, 0.1) is 11.3 Å². The average molecular weight is 274 g/mol. The number of pyridine rings is 1. The lowest BCUT2D eigenvalue weighted by Crippen LogP contribution is -2.54. The second-order valence-corrected chi connectivity index (χ2v) is 8.59. The molecule has 1 aliphatic carbocycles. The molecule has 1 fully saturated rings. The number of rotatable bonds is 3. The topological polar surface area (TPSA) is 24.9 Å². The van der Waals surface area contributed by atoms with Crippen molar-refractivity contribution in [2.75, 3.05) is 6.54 Å². The zero-order valence-corrected chi connectivity index (χ0v) is 14.0. The van der Waals surface area contributed by atoms with Crippen molar-refractivity contribution in [2.24, 2.45) is 11.3 Å². The molecule has 0 spiro atoms. The summed E-state index contributed by atoms with van der Waals surface area (Å²) in [6.07, 6.45) is 6.42. The maximum absolute atomic E-state index is 4.17. The van der Waals surface area contributed by atoms with Crippen molar-refractivity contribution in [3.05, 3.63) is 30.1 Å². The lowest BCUT2D eigenvalue weighted by molar-refractivity contribution is 0.0410. The van der Waals surface area contributed by atoms with Gasteiger partial charge in [0, 0.05) is 29.9 Å². The second kappa shape index (κ2) is 5.14. The van der Waals surface area contributed by atoms with Crippen LogP contribution in [-0.4, -0.2) is 17.1 Å². The molecule has 0 bridgehead atoms. The van der Waals surface area contributed by atoms with Crippen molar-refractivity contribution in [1.82, 2.24) is 10.3 Å². The Hall–Kier alpha value is -0.890. The minimum absolute atomic E-state index is 0.173. The molecule has 0 aliphatic heterocycles. The van der Waals surface area contributed by atoms with Crippen LogP contribution < -0.4 is 5.32 Å². The van der Waals surface area contributed by atoms with Crippen LogP contribution in [0.2, 0.25) is 0 Å². The summed E-state index contributed by atoms with van der Waals surface area (Å²) >= 11 is 0. The second-order valence-electron chi connectivity index (χ2n) is 8.59. The molecule has 0 unspecified atom stereocenters. The van der Waals surface area contributed by atoms with Crippen molar-refractivity contribution in [2.45, 2.75) is 65.3 Å². The van der Waals surface area contributed by atoms with E-state index in [9.17, 15) is 0 Å². The van der Waals surface area contributed by atoms with Gasteiger partial charge in [-0.05, 0) is 62.6 Å². The smallest absolute Gasteiger partial charge is 0.0270 e. The summed E-state index contributed by atoms with van der Waals surface area (Å²) < 4.78 is 0.